The molecule has 8 nitrogen and oxygen atoms in total. The van der Waals surface area contributed by atoms with Gasteiger partial charge in [-0.15, -0.1) is 0 Å². The van der Waals surface area contributed by atoms with E-state index in [-0.39, 0.29) is 17.7 Å². The molecule has 1 aromatic heterocycles. The Morgan fingerprint density at radius 3 is 2.45 bits per heavy atom. The summed E-state index contributed by atoms with van der Waals surface area (Å²) in [5, 5.41) is 6.21. The summed E-state index contributed by atoms with van der Waals surface area (Å²) in [6.45, 7) is 1.64. The van der Waals surface area contributed by atoms with Crippen molar-refractivity contribution in [3.63, 3.8) is 0 Å². The van der Waals surface area contributed by atoms with Crippen molar-refractivity contribution in [3.05, 3.63) is 106 Å². The molecular formula is C32H28ClN5O3S. The zero-order chi connectivity index (χ0) is 29.1. The third-order valence-electron chi connectivity index (χ3n) is 7.31. The van der Waals surface area contributed by atoms with Crippen LogP contribution in [0.3, 0.4) is 0 Å². The Hall–Kier alpha value is -4.34. The van der Waals surface area contributed by atoms with E-state index < -0.39 is 0 Å². The number of carbonyl (C=O) groups is 2. The molecule has 1 saturated heterocycles. The second-order valence-electron chi connectivity index (χ2n) is 10.1. The van der Waals surface area contributed by atoms with Gasteiger partial charge in [-0.3, -0.25) is 9.59 Å². The first kappa shape index (κ1) is 27.8. The van der Waals surface area contributed by atoms with E-state index in [1.54, 1.807) is 0 Å². The highest BCUT2D eigenvalue weighted by atomic mass is 35.5. The summed E-state index contributed by atoms with van der Waals surface area (Å²) in [4.78, 5) is 31.4. The fraction of sp³-hybridized carbons (Fsp3) is 0.188. The van der Waals surface area contributed by atoms with Crippen LogP contribution < -0.4 is 10.5 Å². The lowest BCUT2D eigenvalue weighted by molar-refractivity contribution is -0.123. The molecule has 3 aromatic carbocycles. The van der Waals surface area contributed by atoms with Crippen molar-refractivity contribution in [3.8, 4) is 22.7 Å². The Morgan fingerprint density at radius 1 is 1.02 bits per heavy atom. The number of aromatic nitrogens is 2. The lowest BCUT2D eigenvalue weighted by Crippen LogP contribution is -2.40. The number of hydrogen-bond acceptors (Lipinski definition) is 6. The Morgan fingerprint density at radius 2 is 1.74 bits per heavy atom. The first-order chi connectivity index (χ1) is 20.4. The lowest BCUT2D eigenvalue weighted by atomic mass is 9.97. The number of hydrogen-bond donors (Lipinski definition) is 1. The molecule has 2 aliphatic rings. The minimum Gasteiger partial charge on any atom is -0.489 e. The lowest BCUT2D eigenvalue weighted by Gasteiger charge is -2.31. The fourth-order valence-electron chi connectivity index (χ4n) is 4.95. The zero-order valence-corrected chi connectivity index (χ0v) is 24.2. The number of halogens is 1. The average molecular weight is 598 g/mol. The van der Waals surface area contributed by atoms with E-state index in [4.69, 9.17) is 27.2 Å². The number of thioether (sulfide) groups is 1. The van der Waals surface area contributed by atoms with Crippen molar-refractivity contribution in [2.45, 2.75) is 19.4 Å². The Balaban J connectivity index is 1.24. The maximum Gasteiger partial charge on any atom is 0.286 e. The molecule has 4 aromatic rings. The first-order valence-corrected chi connectivity index (χ1v) is 14.8. The Bertz CT molecular complexity index is 1680. The van der Waals surface area contributed by atoms with Crippen LogP contribution >= 0.6 is 23.4 Å². The topological polar surface area (TPSA) is 103 Å². The Labute approximate surface area is 252 Å². The van der Waals surface area contributed by atoms with Crippen LogP contribution in [-0.2, 0) is 16.2 Å². The van der Waals surface area contributed by atoms with E-state index in [1.165, 1.54) is 11.8 Å². The number of amides is 2. The van der Waals surface area contributed by atoms with Gasteiger partial charge in [-0.05, 0) is 73.1 Å². The van der Waals surface area contributed by atoms with Gasteiger partial charge in [0.25, 0.3) is 5.91 Å². The van der Waals surface area contributed by atoms with Gasteiger partial charge in [0.1, 0.15) is 12.4 Å². The maximum absolute atomic E-state index is 13.0. The number of rotatable bonds is 7. The number of aliphatic imine (C=N–C) groups is 1. The summed E-state index contributed by atoms with van der Waals surface area (Å²) < 4.78 is 7.77. The number of nitrogens with two attached hydrogens (primary N) is 1. The molecule has 0 spiro atoms. The number of carbonyl (C=O) groups excluding carboxylic acids is 2. The van der Waals surface area contributed by atoms with Gasteiger partial charge in [0.2, 0.25) is 5.91 Å². The number of primary amides is 1. The molecule has 10 heteroatoms. The van der Waals surface area contributed by atoms with Gasteiger partial charge in [-0.25, -0.2) is 4.68 Å². The fourth-order valence-corrected chi connectivity index (χ4v) is 6.09. The predicted octanol–water partition coefficient (Wildman–Crippen LogP) is 5.94. The molecular weight excluding hydrogens is 570 g/mol. The van der Waals surface area contributed by atoms with Crippen LogP contribution in [0.25, 0.3) is 23.0 Å². The summed E-state index contributed by atoms with van der Waals surface area (Å²) in [5.74, 6) is 0.0308. The van der Waals surface area contributed by atoms with Crippen molar-refractivity contribution >= 4 is 46.4 Å². The molecule has 0 saturated carbocycles. The monoisotopic (exact) mass is 597 g/mol. The van der Waals surface area contributed by atoms with Crippen LogP contribution in [-0.4, -0.2) is 44.8 Å². The van der Waals surface area contributed by atoms with E-state index in [0.29, 0.717) is 53.4 Å². The SMILES string of the molecule is NC(=O)C1CCN(C2=NC(=O)C(=Cc3cn(-c4ccccc4)nc3-c3ccc(OCc4ccccc4Cl)cc3)S2)CC1. The zero-order valence-electron chi connectivity index (χ0n) is 22.7. The van der Waals surface area contributed by atoms with Crippen LogP contribution in [0.1, 0.15) is 24.0 Å². The highest BCUT2D eigenvalue weighted by Gasteiger charge is 2.31. The molecule has 6 rings (SSSR count). The molecule has 2 N–H and O–H groups in total. The van der Waals surface area contributed by atoms with Crippen LogP contribution in [0.5, 0.6) is 5.75 Å². The molecule has 2 aliphatic heterocycles. The van der Waals surface area contributed by atoms with Crippen molar-refractivity contribution in [1.82, 2.24) is 14.7 Å². The normalized spacial score (nSPS) is 16.6. The summed E-state index contributed by atoms with van der Waals surface area (Å²) in [7, 11) is 0. The number of ether oxygens (including phenoxy) is 1. The van der Waals surface area contributed by atoms with Crippen molar-refractivity contribution in [1.29, 1.82) is 0 Å². The van der Waals surface area contributed by atoms with E-state index >= 15 is 0 Å². The highest BCUT2D eigenvalue weighted by Crippen LogP contribution is 2.35. The van der Waals surface area contributed by atoms with Gasteiger partial charge in [-0.1, -0.05) is 48.0 Å². The average Bonchev–Trinajstić information content (AvgIpc) is 3.61. The van der Waals surface area contributed by atoms with Crippen molar-refractivity contribution in [2.75, 3.05) is 13.1 Å². The molecule has 3 heterocycles. The second kappa shape index (κ2) is 12.3. The third-order valence-corrected chi connectivity index (χ3v) is 8.72. The number of nitrogens with zero attached hydrogens (tertiary/aromatic N) is 4. The van der Waals surface area contributed by atoms with Gasteiger partial charge in [0.15, 0.2) is 5.17 Å². The van der Waals surface area contributed by atoms with Crippen LogP contribution in [0.4, 0.5) is 0 Å². The molecule has 0 aliphatic carbocycles. The number of piperidine rings is 1. The number of para-hydroxylation sites is 1. The molecule has 2 amide bonds. The van der Waals surface area contributed by atoms with Crippen LogP contribution in [0, 0.1) is 5.92 Å². The minimum absolute atomic E-state index is 0.127. The number of likely N-dealkylation sites (tertiary alicyclic amines) is 1. The number of benzene rings is 3. The third kappa shape index (κ3) is 6.12. The summed E-state index contributed by atoms with van der Waals surface area (Å²) in [5.41, 5.74) is 9.70. The number of amidine groups is 1. The van der Waals surface area contributed by atoms with Crippen LogP contribution in [0.15, 0.2) is 95.0 Å². The largest absolute Gasteiger partial charge is 0.489 e. The summed E-state index contributed by atoms with van der Waals surface area (Å²) in [6, 6.07) is 25.1. The van der Waals surface area contributed by atoms with Crippen LogP contribution in [0.2, 0.25) is 5.02 Å². The molecule has 0 bridgehead atoms. The molecule has 0 radical (unpaired) electrons. The van der Waals surface area contributed by atoms with E-state index in [0.717, 1.165) is 28.1 Å². The van der Waals surface area contributed by atoms with Gasteiger partial charge >= 0.3 is 0 Å². The van der Waals surface area contributed by atoms with Gasteiger partial charge in [0, 0.05) is 46.9 Å². The van der Waals surface area contributed by atoms with E-state index in [2.05, 4.69) is 9.89 Å². The van der Waals surface area contributed by atoms with Gasteiger partial charge < -0.3 is 15.4 Å². The Kier molecular flexibility index (Phi) is 8.12. The molecule has 212 valence electrons. The molecule has 42 heavy (non-hydrogen) atoms. The predicted molar refractivity (Wildman–Crippen MR) is 166 cm³/mol. The molecule has 0 atom stereocenters. The standard InChI is InChI=1S/C32H28ClN5O3S/c33-27-9-5-4-6-23(27)20-41-26-12-10-21(11-13-26)29-24(19-38(36-29)25-7-2-1-3-8-25)18-28-31(40)35-32(42-28)37-16-14-22(15-17-37)30(34)39/h1-13,18-19,22H,14-17,20H2,(H2,34,39). The quantitative estimate of drug-likeness (QED) is 0.265. The first-order valence-electron chi connectivity index (χ1n) is 13.6. The highest BCUT2D eigenvalue weighted by molar-refractivity contribution is 8.18. The van der Waals surface area contributed by atoms with E-state index in [1.807, 2.05) is 95.8 Å². The molecule has 0 unspecified atom stereocenters. The maximum atomic E-state index is 13.0. The smallest absolute Gasteiger partial charge is 0.286 e. The van der Waals surface area contributed by atoms with Crippen molar-refractivity contribution < 1.29 is 14.3 Å². The summed E-state index contributed by atoms with van der Waals surface area (Å²) in [6.07, 6.45) is 5.09. The van der Waals surface area contributed by atoms with Crippen molar-refractivity contribution in [2.24, 2.45) is 16.6 Å². The molecule has 1 fully saturated rings. The second-order valence-corrected chi connectivity index (χ2v) is 11.5. The van der Waals surface area contributed by atoms with Gasteiger partial charge in [-0.2, -0.15) is 10.1 Å². The summed E-state index contributed by atoms with van der Waals surface area (Å²) >= 11 is 7.62. The van der Waals surface area contributed by atoms with E-state index in [9.17, 15) is 9.59 Å². The minimum atomic E-state index is -0.284. The van der Waals surface area contributed by atoms with Gasteiger partial charge in [0.05, 0.1) is 16.3 Å².